The van der Waals surface area contributed by atoms with Gasteiger partial charge in [0.05, 0.1) is 6.61 Å². The third-order valence-electron chi connectivity index (χ3n) is 1.90. The van der Waals surface area contributed by atoms with Gasteiger partial charge < -0.3 is 9.47 Å². The number of ether oxygens (including phenoxy) is 2. The van der Waals surface area contributed by atoms with Gasteiger partial charge in [0.2, 0.25) is 0 Å². The Morgan fingerprint density at radius 1 is 1.62 bits per heavy atom. The molecule has 1 fully saturated rings. The number of rotatable bonds is 5. The van der Waals surface area contributed by atoms with Gasteiger partial charge in [-0.15, -0.1) is 0 Å². The minimum absolute atomic E-state index is 0.156. The summed E-state index contributed by atoms with van der Waals surface area (Å²) in [6, 6.07) is 0. The molecule has 0 radical (unpaired) electrons. The normalized spacial score (nSPS) is 21.4. The number of epoxide rings is 1. The third-order valence-corrected chi connectivity index (χ3v) is 1.90. The van der Waals surface area contributed by atoms with Gasteiger partial charge in [-0.2, -0.15) is 0 Å². The second-order valence-electron chi connectivity index (χ2n) is 3.04. The van der Waals surface area contributed by atoms with Crippen LogP contribution in [0, 0.1) is 0 Å². The summed E-state index contributed by atoms with van der Waals surface area (Å²) in [4.78, 5) is 11.4. The van der Waals surface area contributed by atoms with Gasteiger partial charge in [0.25, 0.3) is 0 Å². The topological polar surface area (TPSA) is 38.8 Å². The minimum Gasteiger partial charge on any atom is -0.459 e. The number of hydrogen-bond donors (Lipinski definition) is 0. The maximum absolute atomic E-state index is 11.4. The van der Waals surface area contributed by atoms with Crippen LogP contribution in [0.2, 0.25) is 0 Å². The molecule has 0 aliphatic carbocycles. The smallest absolute Gasteiger partial charge is 0.333 e. The molecule has 1 rings (SSSR count). The molecule has 3 heteroatoms. The predicted molar refractivity (Wildman–Crippen MR) is 49.4 cm³/mol. The van der Waals surface area contributed by atoms with Crippen LogP contribution in [0.5, 0.6) is 0 Å². The van der Waals surface area contributed by atoms with E-state index < -0.39 is 0 Å². The van der Waals surface area contributed by atoms with Gasteiger partial charge in [-0.25, -0.2) is 4.79 Å². The Bertz CT molecular complexity index is 204. The maximum atomic E-state index is 11.4. The Morgan fingerprint density at radius 3 is 2.77 bits per heavy atom. The lowest BCUT2D eigenvalue weighted by atomic mass is 10.2. The van der Waals surface area contributed by atoms with E-state index in [2.05, 4.69) is 0 Å². The van der Waals surface area contributed by atoms with Gasteiger partial charge in [-0.1, -0.05) is 19.9 Å². The van der Waals surface area contributed by atoms with Crippen molar-refractivity contribution in [2.45, 2.75) is 32.8 Å². The largest absolute Gasteiger partial charge is 0.459 e. The van der Waals surface area contributed by atoms with Gasteiger partial charge in [0, 0.05) is 5.57 Å². The Labute approximate surface area is 78.7 Å². The fourth-order valence-electron chi connectivity index (χ4n) is 1.04. The summed E-state index contributed by atoms with van der Waals surface area (Å²) in [7, 11) is 0. The number of carbonyl (C=O) groups is 1. The van der Waals surface area contributed by atoms with Crippen LogP contribution in [-0.2, 0) is 14.3 Å². The van der Waals surface area contributed by atoms with Gasteiger partial charge >= 0.3 is 5.97 Å². The first-order valence-corrected chi connectivity index (χ1v) is 4.75. The van der Waals surface area contributed by atoms with Crippen molar-refractivity contribution < 1.29 is 14.3 Å². The van der Waals surface area contributed by atoms with E-state index in [0.717, 1.165) is 25.0 Å². The Morgan fingerprint density at radius 2 is 2.31 bits per heavy atom. The molecule has 74 valence electrons. The van der Waals surface area contributed by atoms with Crippen molar-refractivity contribution in [1.29, 1.82) is 0 Å². The first-order valence-electron chi connectivity index (χ1n) is 4.75. The lowest BCUT2D eigenvalue weighted by molar-refractivity contribution is -0.139. The molecule has 1 aliphatic rings. The van der Waals surface area contributed by atoms with Crippen molar-refractivity contribution >= 4 is 5.97 Å². The van der Waals surface area contributed by atoms with Gasteiger partial charge in [-0.3, -0.25) is 0 Å². The van der Waals surface area contributed by atoms with Crippen LogP contribution in [0.1, 0.15) is 26.7 Å². The van der Waals surface area contributed by atoms with Crippen LogP contribution in [0.15, 0.2) is 11.6 Å². The van der Waals surface area contributed by atoms with Gasteiger partial charge in [0.1, 0.15) is 12.7 Å². The summed E-state index contributed by atoms with van der Waals surface area (Å²) < 4.78 is 9.97. The summed E-state index contributed by atoms with van der Waals surface area (Å²) >= 11 is 0. The first-order chi connectivity index (χ1) is 6.27. The molecule has 1 saturated heterocycles. The van der Waals surface area contributed by atoms with Crippen molar-refractivity contribution in [3.8, 4) is 0 Å². The van der Waals surface area contributed by atoms with Crippen LogP contribution in [-0.4, -0.2) is 25.3 Å². The predicted octanol–water partition coefficient (Wildman–Crippen LogP) is 1.67. The fraction of sp³-hybridized carbons (Fsp3) is 0.700. The van der Waals surface area contributed by atoms with E-state index in [-0.39, 0.29) is 12.1 Å². The lowest BCUT2D eigenvalue weighted by Gasteiger charge is -2.04. The third kappa shape index (κ3) is 3.59. The van der Waals surface area contributed by atoms with Crippen molar-refractivity contribution in [3.63, 3.8) is 0 Å². The molecule has 0 amide bonds. The van der Waals surface area contributed by atoms with E-state index in [0.29, 0.717) is 6.61 Å². The molecule has 0 saturated carbocycles. The number of hydrogen-bond acceptors (Lipinski definition) is 3. The Hall–Kier alpha value is -0.830. The van der Waals surface area contributed by atoms with Crippen molar-refractivity contribution in [2.24, 2.45) is 0 Å². The zero-order valence-electron chi connectivity index (χ0n) is 8.21. The fourth-order valence-corrected chi connectivity index (χ4v) is 1.04. The highest BCUT2D eigenvalue weighted by Crippen LogP contribution is 2.11. The van der Waals surface area contributed by atoms with Crippen LogP contribution < -0.4 is 0 Å². The molecule has 1 atom stereocenters. The zero-order valence-corrected chi connectivity index (χ0v) is 8.21. The van der Waals surface area contributed by atoms with E-state index in [4.69, 9.17) is 9.47 Å². The second kappa shape index (κ2) is 5.02. The van der Waals surface area contributed by atoms with Crippen LogP contribution in [0.4, 0.5) is 0 Å². The molecular formula is C10H16O3. The molecule has 0 spiro atoms. The van der Waals surface area contributed by atoms with Crippen molar-refractivity contribution in [3.05, 3.63) is 11.6 Å². The van der Waals surface area contributed by atoms with Crippen molar-refractivity contribution in [1.82, 2.24) is 0 Å². The summed E-state index contributed by atoms with van der Waals surface area (Å²) in [5.74, 6) is -0.195. The van der Waals surface area contributed by atoms with Crippen LogP contribution in [0.3, 0.4) is 0 Å². The quantitative estimate of drug-likeness (QED) is 0.370. The molecule has 0 aromatic heterocycles. The highest BCUT2D eigenvalue weighted by Gasteiger charge is 2.24. The molecule has 0 N–H and O–H groups in total. The second-order valence-corrected chi connectivity index (χ2v) is 3.04. The zero-order chi connectivity index (χ0) is 9.68. The highest BCUT2D eigenvalue weighted by atomic mass is 16.6. The van der Waals surface area contributed by atoms with E-state index in [1.165, 1.54) is 0 Å². The highest BCUT2D eigenvalue weighted by molar-refractivity contribution is 5.88. The van der Waals surface area contributed by atoms with Gasteiger partial charge in [0.15, 0.2) is 0 Å². The summed E-state index contributed by atoms with van der Waals surface area (Å²) in [5, 5.41) is 0. The number of allylic oxidation sites excluding steroid dienone is 1. The summed E-state index contributed by atoms with van der Waals surface area (Å²) in [6.45, 7) is 5.09. The molecule has 0 aromatic carbocycles. The molecule has 3 nitrogen and oxygen atoms in total. The van der Waals surface area contributed by atoms with Crippen LogP contribution in [0.25, 0.3) is 0 Å². The standard InChI is InChI=1S/C10H16O3/c1-3-5-8(4-2)10(11)13-7-9-6-12-9/h5,9H,3-4,6-7H2,1-2H3/b8-5+. The van der Waals surface area contributed by atoms with E-state index in [9.17, 15) is 4.79 Å². The lowest BCUT2D eigenvalue weighted by Crippen LogP contribution is -2.11. The van der Waals surface area contributed by atoms with E-state index >= 15 is 0 Å². The van der Waals surface area contributed by atoms with Gasteiger partial charge in [-0.05, 0) is 12.8 Å². The summed E-state index contributed by atoms with van der Waals surface area (Å²) in [6.07, 6.45) is 3.68. The molecular weight excluding hydrogens is 168 g/mol. The molecule has 13 heavy (non-hydrogen) atoms. The average molecular weight is 184 g/mol. The average Bonchev–Trinajstić information content (AvgIpc) is 2.93. The van der Waals surface area contributed by atoms with E-state index in [1.807, 2.05) is 19.9 Å². The molecule has 1 unspecified atom stereocenters. The molecule has 0 aromatic rings. The number of esters is 1. The maximum Gasteiger partial charge on any atom is 0.333 e. The monoisotopic (exact) mass is 184 g/mol. The Balaban J connectivity index is 2.29. The summed E-state index contributed by atoms with van der Waals surface area (Å²) in [5.41, 5.74) is 0.767. The van der Waals surface area contributed by atoms with E-state index in [1.54, 1.807) is 0 Å². The SMILES string of the molecule is CC/C=C(\CC)C(=O)OCC1CO1. The van der Waals surface area contributed by atoms with Crippen molar-refractivity contribution in [2.75, 3.05) is 13.2 Å². The number of carbonyl (C=O) groups excluding carboxylic acids is 1. The first kappa shape index (κ1) is 10.3. The molecule has 1 heterocycles. The minimum atomic E-state index is -0.195. The molecule has 1 aliphatic heterocycles. The molecule has 0 bridgehead atoms. The Kier molecular flexibility index (Phi) is 3.96. The van der Waals surface area contributed by atoms with Crippen LogP contribution >= 0.6 is 0 Å².